The molecule has 0 aliphatic heterocycles. The van der Waals surface area contributed by atoms with Crippen molar-refractivity contribution in [2.24, 2.45) is 10.9 Å². The molecule has 2 aromatic carbocycles. The van der Waals surface area contributed by atoms with Gasteiger partial charge in [-0.1, -0.05) is 47.1 Å². The number of para-hydroxylation sites is 1. The second kappa shape index (κ2) is 6.25. The summed E-state index contributed by atoms with van der Waals surface area (Å²) in [5.74, 6) is -0.605. The summed E-state index contributed by atoms with van der Waals surface area (Å²) in [6.07, 6.45) is 0. The number of ether oxygens (including phenoxy) is 1. The first-order valence-corrected chi connectivity index (χ1v) is 6.14. The minimum Gasteiger partial charge on any atom is -0.484 e. The molecule has 0 saturated carbocycles. The van der Waals surface area contributed by atoms with Crippen LogP contribution < -0.4 is 10.5 Å². The summed E-state index contributed by atoms with van der Waals surface area (Å²) in [5.41, 5.74) is 6.74. The van der Waals surface area contributed by atoms with Crippen LogP contribution in [-0.4, -0.2) is 11.0 Å². The van der Waals surface area contributed by atoms with E-state index in [0.29, 0.717) is 11.1 Å². The van der Waals surface area contributed by atoms with Crippen molar-refractivity contribution in [2.75, 3.05) is 0 Å². The Bertz CT molecular complexity index is 627. The molecule has 0 aliphatic rings. The molecule has 0 aliphatic carbocycles. The number of oxime groups is 1. The van der Waals surface area contributed by atoms with E-state index in [-0.39, 0.29) is 23.2 Å². The number of rotatable bonds is 4. The van der Waals surface area contributed by atoms with Crippen molar-refractivity contribution in [1.82, 2.24) is 0 Å². The highest BCUT2D eigenvalue weighted by molar-refractivity contribution is 6.32. The van der Waals surface area contributed by atoms with E-state index in [4.69, 9.17) is 27.3 Å². The molecular formula is C14H12ClFN2O2. The summed E-state index contributed by atoms with van der Waals surface area (Å²) in [6, 6.07) is 11.2. The average molecular weight is 295 g/mol. The van der Waals surface area contributed by atoms with E-state index in [1.54, 1.807) is 24.3 Å². The van der Waals surface area contributed by atoms with Gasteiger partial charge >= 0.3 is 0 Å². The van der Waals surface area contributed by atoms with Gasteiger partial charge in [0.05, 0.1) is 5.02 Å². The Balaban J connectivity index is 2.24. The first-order chi connectivity index (χ1) is 9.63. The normalized spacial score (nSPS) is 11.4. The first kappa shape index (κ1) is 14.1. The predicted octanol–water partition coefficient (Wildman–Crippen LogP) is 3.15. The molecule has 2 rings (SSSR count). The zero-order valence-corrected chi connectivity index (χ0v) is 11.1. The van der Waals surface area contributed by atoms with E-state index in [1.165, 1.54) is 18.2 Å². The fraction of sp³-hybridized carbons (Fsp3) is 0.0714. The van der Waals surface area contributed by atoms with Crippen LogP contribution in [0.3, 0.4) is 0 Å². The fourth-order valence-electron chi connectivity index (χ4n) is 1.72. The fourth-order valence-corrected chi connectivity index (χ4v) is 1.94. The Morgan fingerprint density at radius 1 is 1.25 bits per heavy atom. The maximum atomic E-state index is 13.6. The van der Waals surface area contributed by atoms with E-state index in [0.717, 1.165) is 0 Å². The quantitative estimate of drug-likeness (QED) is 0.394. The van der Waals surface area contributed by atoms with Gasteiger partial charge in [0, 0.05) is 11.1 Å². The number of halogens is 2. The standard InChI is InChI=1S/C14H12ClFN2O2/c15-11-6-3-7-12(16)13(11)20-8-9-4-1-2-5-10(9)14(17)18-19/h1-7,19H,8H2,(H2,17,18). The van der Waals surface area contributed by atoms with Gasteiger partial charge in [0.25, 0.3) is 0 Å². The molecule has 0 amide bonds. The van der Waals surface area contributed by atoms with Crippen LogP contribution in [0.15, 0.2) is 47.6 Å². The molecule has 0 unspecified atom stereocenters. The summed E-state index contributed by atoms with van der Waals surface area (Å²) in [4.78, 5) is 0. The molecule has 0 atom stereocenters. The first-order valence-electron chi connectivity index (χ1n) is 5.76. The Labute approximate surface area is 120 Å². The number of amidine groups is 1. The third-order valence-electron chi connectivity index (χ3n) is 2.69. The van der Waals surface area contributed by atoms with Crippen molar-refractivity contribution in [2.45, 2.75) is 6.61 Å². The van der Waals surface area contributed by atoms with Crippen LogP contribution in [0.1, 0.15) is 11.1 Å². The van der Waals surface area contributed by atoms with Crippen molar-refractivity contribution in [1.29, 1.82) is 0 Å². The number of nitrogens with zero attached hydrogens (tertiary/aromatic N) is 1. The summed E-state index contributed by atoms with van der Waals surface area (Å²) in [5, 5.41) is 11.9. The Morgan fingerprint density at radius 2 is 2.00 bits per heavy atom. The van der Waals surface area contributed by atoms with Crippen LogP contribution in [0, 0.1) is 5.82 Å². The molecule has 4 nitrogen and oxygen atoms in total. The van der Waals surface area contributed by atoms with Crippen LogP contribution in [0.2, 0.25) is 5.02 Å². The predicted molar refractivity (Wildman–Crippen MR) is 74.7 cm³/mol. The molecular weight excluding hydrogens is 283 g/mol. The molecule has 0 radical (unpaired) electrons. The van der Waals surface area contributed by atoms with E-state index < -0.39 is 5.82 Å². The number of hydrogen-bond donors (Lipinski definition) is 2. The molecule has 0 bridgehead atoms. The topological polar surface area (TPSA) is 67.8 Å². The van der Waals surface area contributed by atoms with Gasteiger partial charge in [-0.15, -0.1) is 0 Å². The highest BCUT2D eigenvalue weighted by atomic mass is 35.5. The second-order valence-corrected chi connectivity index (χ2v) is 4.39. The van der Waals surface area contributed by atoms with Gasteiger partial charge in [0.15, 0.2) is 17.4 Å². The van der Waals surface area contributed by atoms with E-state index in [2.05, 4.69) is 5.16 Å². The van der Waals surface area contributed by atoms with Crippen molar-refractivity contribution >= 4 is 17.4 Å². The largest absolute Gasteiger partial charge is 0.484 e. The molecule has 0 heterocycles. The van der Waals surface area contributed by atoms with Gasteiger partial charge in [-0.3, -0.25) is 0 Å². The highest BCUT2D eigenvalue weighted by Crippen LogP contribution is 2.28. The Morgan fingerprint density at radius 3 is 2.70 bits per heavy atom. The van der Waals surface area contributed by atoms with Gasteiger partial charge in [-0.2, -0.15) is 0 Å². The van der Waals surface area contributed by atoms with Crippen LogP contribution >= 0.6 is 11.6 Å². The number of hydrogen-bond acceptors (Lipinski definition) is 3. The number of benzene rings is 2. The Kier molecular flexibility index (Phi) is 4.42. The van der Waals surface area contributed by atoms with Crippen molar-refractivity contribution in [3.05, 3.63) is 64.4 Å². The minimum atomic E-state index is -0.543. The van der Waals surface area contributed by atoms with Crippen LogP contribution in [0.5, 0.6) is 5.75 Å². The summed E-state index contributed by atoms with van der Waals surface area (Å²) >= 11 is 5.87. The molecule has 0 aromatic heterocycles. The zero-order valence-electron chi connectivity index (χ0n) is 10.4. The SMILES string of the molecule is N/C(=N/O)c1ccccc1COc1c(F)cccc1Cl. The maximum Gasteiger partial charge on any atom is 0.174 e. The van der Waals surface area contributed by atoms with Gasteiger partial charge in [-0.25, -0.2) is 4.39 Å². The second-order valence-electron chi connectivity index (χ2n) is 3.98. The highest BCUT2D eigenvalue weighted by Gasteiger charge is 2.11. The maximum absolute atomic E-state index is 13.6. The van der Waals surface area contributed by atoms with Crippen LogP contribution in [0.4, 0.5) is 4.39 Å². The van der Waals surface area contributed by atoms with Gasteiger partial charge in [0.1, 0.15) is 6.61 Å². The smallest absolute Gasteiger partial charge is 0.174 e. The third-order valence-corrected chi connectivity index (χ3v) is 2.99. The van der Waals surface area contributed by atoms with Crippen molar-refractivity contribution in [3.63, 3.8) is 0 Å². The van der Waals surface area contributed by atoms with Gasteiger partial charge in [0.2, 0.25) is 0 Å². The lowest BCUT2D eigenvalue weighted by atomic mass is 10.1. The molecule has 0 saturated heterocycles. The Hall–Kier alpha value is -2.27. The molecule has 0 spiro atoms. The monoisotopic (exact) mass is 294 g/mol. The summed E-state index contributed by atoms with van der Waals surface area (Å²) in [6.45, 7) is 0.0487. The molecule has 0 fully saturated rings. The van der Waals surface area contributed by atoms with Crippen LogP contribution in [-0.2, 0) is 6.61 Å². The summed E-state index contributed by atoms with van der Waals surface area (Å²) < 4.78 is 19.0. The van der Waals surface area contributed by atoms with Crippen molar-refractivity contribution < 1.29 is 14.3 Å². The summed E-state index contributed by atoms with van der Waals surface area (Å²) in [7, 11) is 0. The van der Waals surface area contributed by atoms with E-state index in [9.17, 15) is 4.39 Å². The molecule has 3 N–H and O–H groups in total. The lowest BCUT2D eigenvalue weighted by molar-refractivity contribution is 0.290. The van der Waals surface area contributed by atoms with E-state index in [1.807, 2.05) is 0 Å². The number of nitrogens with two attached hydrogens (primary N) is 1. The molecule has 104 valence electrons. The molecule has 6 heteroatoms. The van der Waals surface area contributed by atoms with Crippen LogP contribution in [0.25, 0.3) is 0 Å². The van der Waals surface area contributed by atoms with Crippen molar-refractivity contribution in [3.8, 4) is 5.75 Å². The van der Waals surface area contributed by atoms with Gasteiger partial charge in [-0.05, 0) is 12.1 Å². The lowest BCUT2D eigenvalue weighted by Gasteiger charge is -2.11. The zero-order chi connectivity index (χ0) is 14.5. The van der Waals surface area contributed by atoms with Gasteiger partial charge < -0.3 is 15.7 Å². The molecule has 2 aromatic rings. The van der Waals surface area contributed by atoms with E-state index >= 15 is 0 Å². The minimum absolute atomic E-state index is 0.0246. The molecule has 20 heavy (non-hydrogen) atoms. The average Bonchev–Trinajstić information content (AvgIpc) is 2.46. The third kappa shape index (κ3) is 3.00. The lowest BCUT2D eigenvalue weighted by Crippen LogP contribution is -2.16.